The number of nitrogens with two attached hydrogens (primary N) is 1. The number of amides is 2. The topological polar surface area (TPSA) is 109 Å². The molecule has 2 saturated heterocycles. The van der Waals surface area contributed by atoms with E-state index in [1.165, 1.54) is 0 Å². The average Bonchev–Trinajstić information content (AvgIpc) is 3.19. The predicted octanol–water partition coefficient (Wildman–Crippen LogP) is 2.47. The van der Waals surface area contributed by atoms with E-state index in [1.54, 1.807) is 23.3 Å². The molecule has 12 heteroatoms. The van der Waals surface area contributed by atoms with Crippen molar-refractivity contribution in [3.8, 4) is 0 Å². The number of aliphatic carboxylic acids is 1. The largest absolute Gasteiger partial charge is 0.490 e. The molecule has 1 aromatic rings. The van der Waals surface area contributed by atoms with Gasteiger partial charge in [0.15, 0.2) is 0 Å². The molecule has 2 aliphatic heterocycles. The molecule has 0 bridgehead atoms. The Balaban J connectivity index is 0.000000396. The molecule has 1 atom stereocenters. The van der Waals surface area contributed by atoms with Crippen LogP contribution in [0.3, 0.4) is 0 Å². The van der Waals surface area contributed by atoms with Crippen LogP contribution in [0.4, 0.5) is 18.0 Å². The van der Waals surface area contributed by atoms with Gasteiger partial charge in [-0.25, -0.2) is 14.6 Å². The number of nitrogens with zero attached hydrogens (tertiary/aromatic N) is 3. The molecule has 2 amide bonds. The van der Waals surface area contributed by atoms with Crippen molar-refractivity contribution in [3.05, 3.63) is 16.1 Å². The second-order valence-corrected chi connectivity index (χ2v) is 8.77. The third-order valence-electron chi connectivity index (χ3n) is 5.49. The van der Waals surface area contributed by atoms with Crippen LogP contribution in [0.2, 0.25) is 0 Å². The molecule has 170 valence electrons. The number of piperidine rings is 1. The van der Waals surface area contributed by atoms with Crippen LogP contribution in [0.5, 0.6) is 0 Å². The predicted molar refractivity (Wildman–Crippen MR) is 104 cm³/mol. The Hall–Kier alpha value is -1.92. The molecule has 0 aliphatic carbocycles. The van der Waals surface area contributed by atoms with Gasteiger partial charge in [0.25, 0.3) is 0 Å². The van der Waals surface area contributed by atoms with Gasteiger partial charge in [0.2, 0.25) is 0 Å². The molecular formula is C18H27F3N4O4S. The molecule has 1 unspecified atom stereocenters. The number of aromatic nitrogens is 1. The number of carbonyl (C=O) groups is 2. The second kappa shape index (κ2) is 9.92. The minimum absolute atomic E-state index is 0.291. The van der Waals surface area contributed by atoms with Gasteiger partial charge in [-0.2, -0.15) is 13.2 Å². The molecule has 0 saturated carbocycles. The number of halogens is 3. The molecule has 0 radical (unpaired) electrons. The summed E-state index contributed by atoms with van der Waals surface area (Å²) < 4.78 is 37.2. The Kier molecular flexibility index (Phi) is 8.06. The fourth-order valence-electron chi connectivity index (χ4n) is 4.05. The molecule has 3 heterocycles. The van der Waals surface area contributed by atoms with Crippen LogP contribution in [-0.4, -0.2) is 77.5 Å². The zero-order chi connectivity index (χ0) is 22.5. The Bertz CT molecular complexity index is 735. The molecule has 3 N–H and O–H groups in total. The number of aryl methyl sites for hydroxylation is 1. The minimum atomic E-state index is -5.08. The molecule has 2 aliphatic rings. The third kappa shape index (κ3) is 6.54. The van der Waals surface area contributed by atoms with Gasteiger partial charge in [0.1, 0.15) is 0 Å². The molecule has 0 aromatic carbocycles. The maximum atomic E-state index is 11.3. The molecule has 8 nitrogen and oxygen atoms in total. The third-order valence-corrected chi connectivity index (χ3v) is 6.31. The van der Waals surface area contributed by atoms with E-state index in [-0.39, 0.29) is 6.03 Å². The number of methoxy groups -OCH3 is 1. The van der Waals surface area contributed by atoms with Gasteiger partial charge in [-0.3, -0.25) is 4.90 Å². The van der Waals surface area contributed by atoms with Crippen LogP contribution in [-0.2, 0) is 16.1 Å². The lowest BCUT2D eigenvalue weighted by atomic mass is 9.76. The highest BCUT2D eigenvalue weighted by Crippen LogP contribution is 2.43. The van der Waals surface area contributed by atoms with Crippen LogP contribution in [0.1, 0.15) is 30.0 Å². The standard InChI is InChI=1S/C16H26N4O2S.C2HF3O2/c1-12-18-13(10-23-12)8-20-11-16(7-14(20)9-22-2)3-5-19(6-4-16)15(17)21;3-2(4,5)1(6)7/h10,14H,3-9,11H2,1-2H3,(H2,17,21);(H,6,7). The normalized spacial score (nSPS) is 21.4. The SMILES string of the molecule is COCC1CC2(CCN(C(N)=O)CC2)CN1Cc1csc(C)n1.O=C(O)C(F)(F)F. The van der Waals surface area contributed by atoms with Gasteiger partial charge in [0, 0.05) is 44.7 Å². The number of hydrogen-bond acceptors (Lipinski definition) is 6. The van der Waals surface area contributed by atoms with Gasteiger partial charge < -0.3 is 20.5 Å². The van der Waals surface area contributed by atoms with E-state index in [9.17, 15) is 18.0 Å². The highest BCUT2D eigenvalue weighted by Gasteiger charge is 2.45. The number of thiazole rings is 1. The first-order valence-electron chi connectivity index (χ1n) is 9.44. The summed E-state index contributed by atoms with van der Waals surface area (Å²) in [5, 5.41) is 10.4. The number of urea groups is 1. The van der Waals surface area contributed by atoms with Crippen molar-refractivity contribution in [1.82, 2.24) is 14.8 Å². The monoisotopic (exact) mass is 452 g/mol. The van der Waals surface area contributed by atoms with Crippen molar-refractivity contribution in [1.29, 1.82) is 0 Å². The lowest BCUT2D eigenvalue weighted by Gasteiger charge is -2.38. The van der Waals surface area contributed by atoms with Crippen molar-refractivity contribution < 1.29 is 32.6 Å². The average molecular weight is 452 g/mol. The van der Waals surface area contributed by atoms with Crippen LogP contribution in [0.15, 0.2) is 5.38 Å². The summed E-state index contributed by atoms with van der Waals surface area (Å²) in [6.07, 6.45) is -1.89. The summed E-state index contributed by atoms with van der Waals surface area (Å²) in [5.74, 6) is -2.76. The highest BCUT2D eigenvalue weighted by molar-refractivity contribution is 7.09. The van der Waals surface area contributed by atoms with Crippen molar-refractivity contribution in [2.24, 2.45) is 11.1 Å². The Morgan fingerprint density at radius 1 is 1.40 bits per heavy atom. The maximum absolute atomic E-state index is 11.3. The quantitative estimate of drug-likeness (QED) is 0.727. The summed E-state index contributed by atoms with van der Waals surface area (Å²) in [7, 11) is 1.77. The van der Waals surface area contributed by atoms with Crippen molar-refractivity contribution in [3.63, 3.8) is 0 Å². The van der Waals surface area contributed by atoms with E-state index >= 15 is 0 Å². The first kappa shape index (κ1) is 24.4. The molecule has 1 spiro atoms. The van der Waals surface area contributed by atoms with Crippen LogP contribution < -0.4 is 5.73 Å². The smallest absolute Gasteiger partial charge is 0.475 e. The van der Waals surface area contributed by atoms with Crippen molar-refractivity contribution in [2.45, 2.75) is 44.9 Å². The fourth-order valence-corrected chi connectivity index (χ4v) is 4.65. The summed E-state index contributed by atoms with van der Waals surface area (Å²) in [6.45, 7) is 6.30. The highest BCUT2D eigenvalue weighted by atomic mass is 32.1. The number of carboxylic acid groups (broad SMARTS) is 1. The summed E-state index contributed by atoms with van der Waals surface area (Å²) in [6, 6.07) is 0.142. The van der Waals surface area contributed by atoms with Gasteiger partial charge in [0.05, 0.1) is 17.3 Å². The van der Waals surface area contributed by atoms with E-state index in [4.69, 9.17) is 20.4 Å². The first-order chi connectivity index (χ1) is 14.0. The molecular weight excluding hydrogens is 425 g/mol. The van der Waals surface area contributed by atoms with Crippen molar-refractivity contribution >= 4 is 23.3 Å². The number of alkyl halides is 3. The Morgan fingerprint density at radius 3 is 2.43 bits per heavy atom. The lowest BCUT2D eigenvalue weighted by molar-refractivity contribution is -0.192. The number of carbonyl (C=O) groups excluding carboxylic acids is 1. The number of rotatable bonds is 4. The molecule has 3 rings (SSSR count). The minimum Gasteiger partial charge on any atom is -0.475 e. The van der Waals surface area contributed by atoms with Gasteiger partial charge >= 0.3 is 18.2 Å². The Morgan fingerprint density at radius 2 is 2.00 bits per heavy atom. The van der Waals surface area contributed by atoms with Crippen LogP contribution in [0, 0.1) is 12.3 Å². The van der Waals surface area contributed by atoms with Gasteiger partial charge in [-0.1, -0.05) is 0 Å². The second-order valence-electron chi connectivity index (χ2n) is 7.70. The van der Waals surface area contributed by atoms with Crippen molar-refractivity contribution in [2.75, 3.05) is 33.4 Å². The van der Waals surface area contributed by atoms with E-state index in [1.807, 2.05) is 6.92 Å². The zero-order valence-electron chi connectivity index (χ0n) is 16.9. The number of ether oxygens (including phenoxy) is 1. The first-order valence-corrected chi connectivity index (χ1v) is 10.3. The molecule has 30 heavy (non-hydrogen) atoms. The van der Waals surface area contributed by atoms with Gasteiger partial charge in [-0.15, -0.1) is 11.3 Å². The number of primary amides is 1. The van der Waals surface area contributed by atoms with E-state index in [2.05, 4.69) is 15.3 Å². The molecule has 2 fully saturated rings. The number of likely N-dealkylation sites (tertiary alicyclic amines) is 2. The van der Waals surface area contributed by atoms with Crippen LogP contribution in [0.25, 0.3) is 0 Å². The maximum Gasteiger partial charge on any atom is 0.490 e. The van der Waals surface area contributed by atoms with Gasteiger partial charge in [-0.05, 0) is 31.6 Å². The summed E-state index contributed by atoms with van der Waals surface area (Å²) in [5.41, 5.74) is 6.86. The fraction of sp³-hybridized carbons (Fsp3) is 0.722. The zero-order valence-corrected chi connectivity index (χ0v) is 17.8. The summed E-state index contributed by atoms with van der Waals surface area (Å²) in [4.78, 5) is 29.1. The van der Waals surface area contributed by atoms with E-state index < -0.39 is 12.1 Å². The van der Waals surface area contributed by atoms with E-state index in [0.717, 1.165) is 62.7 Å². The lowest BCUT2D eigenvalue weighted by Crippen LogP contribution is -2.46. The summed E-state index contributed by atoms with van der Waals surface area (Å²) >= 11 is 1.71. The number of carboxylic acids is 1. The Labute approximate surface area is 176 Å². The molecule has 1 aromatic heterocycles. The van der Waals surface area contributed by atoms with E-state index in [0.29, 0.717) is 11.5 Å². The van der Waals surface area contributed by atoms with Crippen LogP contribution >= 0.6 is 11.3 Å². The number of hydrogen-bond donors (Lipinski definition) is 2.